The molecule has 0 saturated carbocycles. The molecular weight excluding hydrogens is 194 g/mol. The molecule has 1 rings (SSSR count). The van der Waals surface area contributed by atoms with Gasteiger partial charge in [0.15, 0.2) is 5.70 Å². The zero-order chi connectivity index (χ0) is 10.0. The zero-order valence-electron chi connectivity index (χ0n) is 6.35. The zero-order valence-corrected chi connectivity index (χ0v) is 7.17. The predicted octanol–water partition coefficient (Wildman–Crippen LogP) is 0.254. The molecule has 1 heterocycles. The van der Waals surface area contributed by atoms with Crippen LogP contribution in [0.3, 0.4) is 0 Å². The van der Waals surface area contributed by atoms with Crippen LogP contribution in [0.4, 0.5) is 0 Å². The second-order valence-corrected chi connectivity index (χ2v) is 2.86. The lowest BCUT2D eigenvalue weighted by Crippen LogP contribution is -2.17. The highest BCUT2D eigenvalue weighted by molar-refractivity contribution is 7.81. The molecule has 0 aromatic carbocycles. The SMILES string of the molecule is O=C(O)C1=C(C(=O)O)N=CC(=S)C1. The minimum atomic E-state index is -1.35. The maximum absolute atomic E-state index is 10.6. The van der Waals surface area contributed by atoms with Gasteiger partial charge in [-0.15, -0.1) is 0 Å². The molecule has 2 N–H and O–H groups in total. The Hall–Kier alpha value is -1.56. The van der Waals surface area contributed by atoms with Gasteiger partial charge in [-0.2, -0.15) is 0 Å². The number of carboxylic acid groups (broad SMARTS) is 2. The van der Waals surface area contributed by atoms with Crippen LogP contribution in [0.2, 0.25) is 0 Å². The molecule has 1 aliphatic heterocycles. The van der Waals surface area contributed by atoms with Crippen molar-refractivity contribution in [2.24, 2.45) is 4.99 Å². The predicted molar refractivity (Wildman–Crippen MR) is 48.0 cm³/mol. The van der Waals surface area contributed by atoms with Crippen molar-refractivity contribution in [1.82, 2.24) is 0 Å². The first kappa shape index (κ1) is 9.53. The molecule has 0 saturated heterocycles. The van der Waals surface area contributed by atoms with Crippen LogP contribution in [0.25, 0.3) is 0 Å². The standard InChI is InChI=1S/C7H5NO4S/c9-6(10)4-1-3(13)2-8-5(4)7(11)12/h2H,1H2,(H,9,10)(H,11,12). The van der Waals surface area contributed by atoms with E-state index < -0.39 is 17.6 Å². The Morgan fingerprint density at radius 2 is 2.00 bits per heavy atom. The van der Waals surface area contributed by atoms with Gasteiger partial charge in [-0.25, -0.2) is 14.6 Å². The number of hydrogen-bond donors (Lipinski definition) is 2. The highest BCUT2D eigenvalue weighted by Crippen LogP contribution is 2.16. The van der Waals surface area contributed by atoms with E-state index in [1.165, 1.54) is 6.21 Å². The van der Waals surface area contributed by atoms with Crippen LogP contribution >= 0.6 is 12.2 Å². The number of aliphatic imine (C=N–C) groups is 1. The summed E-state index contributed by atoms with van der Waals surface area (Å²) in [5.41, 5.74) is -0.707. The Morgan fingerprint density at radius 3 is 2.46 bits per heavy atom. The van der Waals surface area contributed by atoms with E-state index in [1.807, 2.05) is 0 Å². The van der Waals surface area contributed by atoms with Crippen LogP contribution in [0.1, 0.15) is 6.42 Å². The molecule has 13 heavy (non-hydrogen) atoms. The van der Waals surface area contributed by atoms with Crippen molar-refractivity contribution in [3.8, 4) is 0 Å². The third-order valence-corrected chi connectivity index (χ3v) is 1.68. The summed E-state index contributed by atoms with van der Waals surface area (Å²) in [6.07, 6.45) is 1.14. The Kier molecular flexibility index (Phi) is 2.52. The van der Waals surface area contributed by atoms with Gasteiger partial charge in [0.25, 0.3) is 0 Å². The number of hydrogen-bond acceptors (Lipinski definition) is 4. The van der Waals surface area contributed by atoms with E-state index in [4.69, 9.17) is 22.4 Å². The number of rotatable bonds is 2. The Bertz CT molecular complexity index is 356. The number of carboxylic acids is 2. The Labute approximate surface area is 78.4 Å². The molecular formula is C7H5NO4S. The van der Waals surface area contributed by atoms with E-state index in [1.54, 1.807) is 0 Å². The molecule has 6 heteroatoms. The van der Waals surface area contributed by atoms with E-state index in [0.717, 1.165) is 0 Å². The molecule has 0 unspecified atom stereocenters. The first-order valence-electron chi connectivity index (χ1n) is 3.29. The molecule has 68 valence electrons. The van der Waals surface area contributed by atoms with Gasteiger partial charge in [0.2, 0.25) is 0 Å². The second-order valence-electron chi connectivity index (χ2n) is 2.34. The fourth-order valence-electron chi connectivity index (χ4n) is 0.879. The van der Waals surface area contributed by atoms with Gasteiger partial charge >= 0.3 is 11.9 Å². The van der Waals surface area contributed by atoms with Crippen molar-refractivity contribution >= 4 is 35.2 Å². The van der Waals surface area contributed by atoms with Gasteiger partial charge < -0.3 is 10.2 Å². The monoisotopic (exact) mass is 199 g/mol. The van der Waals surface area contributed by atoms with Crippen LogP contribution in [0, 0.1) is 0 Å². The van der Waals surface area contributed by atoms with Crippen LogP contribution in [0.15, 0.2) is 16.3 Å². The van der Waals surface area contributed by atoms with Crippen molar-refractivity contribution in [3.63, 3.8) is 0 Å². The van der Waals surface area contributed by atoms with E-state index >= 15 is 0 Å². The van der Waals surface area contributed by atoms with Gasteiger partial charge in [0.1, 0.15) is 0 Å². The van der Waals surface area contributed by atoms with Gasteiger partial charge in [-0.1, -0.05) is 12.2 Å². The average molecular weight is 199 g/mol. The second kappa shape index (κ2) is 3.44. The Balaban J connectivity index is 3.17. The molecule has 0 fully saturated rings. The third-order valence-electron chi connectivity index (χ3n) is 1.44. The molecule has 0 aromatic heterocycles. The van der Waals surface area contributed by atoms with Gasteiger partial charge in [0, 0.05) is 17.5 Å². The fourth-order valence-corrected chi connectivity index (χ4v) is 1.08. The van der Waals surface area contributed by atoms with Gasteiger partial charge in [0.05, 0.1) is 5.57 Å². The highest BCUT2D eigenvalue weighted by atomic mass is 32.1. The van der Waals surface area contributed by atoms with Crippen molar-refractivity contribution < 1.29 is 19.8 Å². The summed E-state index contributed by atoms with van der Waals surface area (Å²) in [6.45, 7) is 0. The molecule has 5 nitrogen and oxygen atoms in total. The van der Waals surface area contributed by atoms with Gasteiger partial charge in [-0.05, 0) is 0 Å². The maximum atomic E-state index is 10.6. The lowest BCUT2D eigenvalue weighted by atomic mass is 10.1. The maximum Gasteiger partial charge on any atom is 0.355 e. The molecule has 0 radical (unpaired) electrons. The van der Waals surface area contributed by atoms with E-state index in [-0.39, 0.29) is 12.0 Å². The van der Waals surface area contributed by atoms with Crippen molar-refractivity contribution in [3.05, 3.63) is 11.3 Å². The Morgan fingerprint density at radius 1 is 1.38 bits per heavy atom. The molecule has 0 spiro atoms. The van der Waals surface area contributed by atoms with E-state index in [2.05, 4.69) is 4.99 Å². The number of nitrogens with zero attached hydrogens (tertiary/aromatic N) is 1. The van der Waals surface area contributed by atoms with Crippen molar-refractivity contribution in [1.29, 1.82) is 0 Å². The normalized spacial score (nSPS) is 16.2. The van der Waals surface area contributed by atoms with Crippen molar-refractivity contribution in [2.75, 3.05) is 0 Å². The minimum Gasteiger partial charge on any atom is -0.478 e. The third kappa shape index (κ3) is 1.97. The van der Waals surface area contributed by atoms with Crippen LogP contribution in [0.5, 0.6) is 0 Å². The smallest absolute Gasteiger partial charge is 0.355 e. The quantitative estimate of drug-likeness (QED) is 0.622. The molecule has 1 aliphatic rings. The van der Waals surface area contributed by atoms with Crippen LogP contribution in [-0.2, 0) is 9.59 Å². The fraction of sp³-hybridized carbons (Fsp3) is 0.143. The summed E-state index contributed by atoms with van der Waals surface area (Å²) in [5.74, 6) is -2.65. The topological polar surface area (TPSA) is 87.0 Å². The lowest BCUT2D eigenvalue weighted by Gasteiger charge is -2.08. The molecule has 0 atom stereocenters. The number of thiocarbonyl (C=S) groups is 1. The van der Waals surface area contributed by atoms with Crippen LogP contribution < -0.4 is 0 Å². The van der Waals surface area contributed by atoms with E-state index in [9.17, 15) is 9.59 Å². The minimum absolute atomic E-state index is 0.0458. The summed E-state index contributed by atoms with van der Waals surface area (Å²) < 4.78 is 0. The van der Waals surface area contributed by atoms with Gasteiger partial charge in [-0.3, -0.25) is 0 Å². The molecule has 0 bridgehead atoms. The van der Waals surface area contributed by atoms with E-state index in [0.29, 0.717) is 4.86 Å². The first-order chi connectivity index (χ1) is 6.02. The first-order valence-corrected chi connectivity index (χ1v) is 3.70. The molecule has 0 aliphatic carbocycles. The lowest BCUT2D eigenvalue weighted by molar-refractivity contribution is -0.136. The van der Waals surface area contributed by atoms with Crippen molar-refractivity contribution in [2.45, 2.75) is 6.42 Å². The summed E-state index contributed by atoms with van der Waals surface area (Å²) in [7, 11) is 0. The summed E-state index contributed by atoms with van der Waals surface area (Å²) in [6, 6.07) is 0. The number of aliphatic carboxylic acids is 2. The summed E-state index contributed by atoms with van der Waals surface area (Å²) in [5, 5.41) is 17.2. The summed E-state index contributed by atoms with van der Waals surface area (Å²) >= 11 is 4.70. The largest absolute Gasteiger partial charge is 0.478 e. The highest BCUT2D eigenvalue weighted by Gasteiger charge is 2.23. The average Bonchev–Trinajstić information content (AvgIpc) is 2.03. The van der Waals surface area contributed by atoms with Crippen LogP contribution in [-0.4, -0.2) is 33.2 Å². The number of carbonyl (C=O) groups is 2. The molecule has 0 amide bonds. The molecule has 0 aromatic rings. The summed E-state index contributed by atoms with van der Waals surface area (Å²) in [4.78, 5) is 24.8.